The van der Waals surface area contributed by atoms with Gasteiger partial charge < -0.3 is 0 Å². The van der Waals surface area contributed by atoms with Crippen LogP contribution in [0.4, 0.5) is 0 Å². The van der Waals surface area contributed by atoms with Gasteiger partial charge in [0.05, 0.1) is 22.6 Å². The van der Waals surface area contributed by atoms with Crippen molar-refractivity contribution in [1.29, 1.82) is 0 Å². The maximum absolute atomic E-state index is 11.5. The second kappa shape index (κ2) is 4.74. The summed E-state index contributed by atoms with van der Waals surface area (Å²) in [6.07, 6.45) is 0.474. The lowest BCUT2D eigenvalue weighted by Gasteiger charge is -2.18. The predicted octanol–water partition coefficient (Wildman–Crippen LogP) is 0.876. The Bertz CT molecular complexity index is 501. The van der Waals surface area contributed by atoms with Gasteiger partial charge in [-0.2, -0.15) is 0 Å². The van der Waals surface area contributed by atoms with E-state index < -0.39 is 29.8 Å². The highest BCUT2D eigenvalue weighted by Crippen LogP contribution is 2.39. The molecule has 0 spiro atoms. The van der Waals surface area contributed by atoms with E-state index in [0.29, 0.717) is 6.42 Å². The molecule has 0 saturated carbocycles. The molecule has 0 amide bonds. The van der Waals surface area contributed by atoms with Crippen LogP contribution in [0.15, 0.2) is 0 Å². The van der Waals surface area contributed by atoms with Crippen LogP contribution in [0, 0.1) is 0 Å². The molecular weight excluding hydrogens is 327 g/mol. The summed E-state index contributed by atoms with van der Waals surface area (Å²) in [4.78, 5) is 0. The fraction of sp³-hybridized carbons (Fsp3) is 1.00. The number of hydrogen-bond acceptors (Lipinski definition) is 5. The molecule has 2 heterocycles. The first-order valence-electron chi connectivity index (χ1n) is 5.07. The largest absolute Gasteiger partial charge is 0.229 e. The van der Waals surface area contributed by atoms with Gasteiger partial charge in [0.2, 0.25) is 0 Å². The molecule has 0 bridgehead atoms. The predicted molar refractivity (Wildman–Crippen MR) is 71.5 cm³/mol. The Morgan fingerprint density at radius 1 is 1.00 bits per heavy atom. The van der Waals surface area contributed by atoms with E-state index in [9.17, 15) is 16.8 Å². The van der Waals surface area contributed by atoms with E-state index in [1.54, 1.807) is 0 Å². The van der Waals surface area contributed by atoms with Gasteiger partial charge in [-0.05, 0) is 6.42 Å². The molecule has 4 atom stereocenters. The lowest BCUT2D eigenvalue weighted by atomic mass is 10.3. The monoisotopic (exact) mass is 338 g/mol. The average Bonchev–Trinajstić information content (AvgIpc) is 2.57. The molecule has 2 saturated heterocycles. The first kappa shape index (κ1) is 14.2. The maximum atomic E-state index is 11.5. The summed E-state index contributed by atoms with van der Waals surface area (Å²) in [5.74, 6) is 0.0654. The molecular formula is C8H12Cl2O4S3. The van der Waals surface area contributed by atoms with Gasteiger partial charge in [0, 0.05) is 10.5 Å². The molecule has 0 radical (unpaired) electrons. The van der Waals surface area contributed by atoms with Crippen molar-refractivity contribution in [2.75, 3.05) is 17.3 Å². The van der Waals surface area contributed by atoms with Gasteiger partial charge in [0.25, 0.3) is 0 Å². The first-order chi connectivity index (χ1) is 7.71. The van der Waals surface area contributed by atoms with Crippen molar-refractivity contribution in [3.05, 3.63) is 0 Å². The number of rotatable bonds is 2. The number of hydrogen-bond donors (Lipinski definition) is 0. The van der Waals surface area contributed by atoms with E-state index in [1.807, 2.05) is 0 Å². The molecule has 2 rings (SSSR count). The smallest absolute Gasteiger partial charge is 0.168 e. The third kappa shape index (κ3) is 3.05. The van der Waals surface area contributed by atoms with Gasteiger partial charge in [-0.15, -0.1) is 35.0 Å². The van der Waals surface area contributed by atoms with Crippen molar-refractivity contribution in [1.82, 2.24) is 0 Å². The lowest BCUT2D eigenvalue weighted by molar-refractivity contribution is 0.599. The van der Waals surface area contributed by atoms with Crippen LogP contribution < -0.4 is 0 Å². The van der Waals surface area contributed by atoms with Crippen molar-refractivity contribution in [2.24, 2.45) is 0 Å². The molecule has 0 N–H and O–H groups in total. The SMILES string of the molecule is O=S1(=O)C[C@H](Cl)[C@H](S[C@H]2CCS(=O)(=O)[C@@H]2Cl)C1. The van der Waals surface area contributed by atoms with E-state index in [2.05, 4.69) is 0 Å². The quantitative estimate of drug-likeness (QED) is 0.699. The van der Waals surface area contributed by atoms with Crippen LogP contribution in [0.1, 0.15) is 6.42 Å². The van der Waals surface area contributed by atoms with Crippen LogP contribution in [-0.4, -0.2) is 54.7 Å². The van der Waals surface area contributed by atoms with Crippen molar-refractivity contribution >= 4 is 54.6 Å². The second-order valence-electron chi connectivity index (χ2n) is 4.31. The van der Waals surface area contributed by atoms with Crippen molar-refractivity contribution in [2.45, 2.75) is 27.0 Å². The van der Waals surface area contributed by atoms with Crippen LogP contribution >= 0.6 is 35.0 Å². The average molecular weight is 339 g/mol. The van der Waals surface area contributed by atoms with Gasteiger partial charge in [0.15, 0.2) is 19.7 Å². The fourth-order valence-electron chi connectivity index (χ4n) is 2.01. The van der Waals surface area contributed by atoms with Gasteiger partial charge in [-0.25, -0.2) is 16.8 Å². The molecule has 17 heavy (non-hydrogen) atoms. The van der Waals surface area contributed by atoms with Gasteiger partial charge in [-0.3, -0.25) is 0 Å². The van der Waals surface area contributed by atoms with Crippen molar-refractivity contribution < 1.29 is 16.8 Å². The van der Waals surface area contributed by atoms with E-state index in [0.717, 1.165) is 0 Å². The molecule has 0 aromatic carbocycles. The summed E-state index contributed by atoms with van der Waals surface area (Å²) in [5, 5.41) is -0.945. The highest BCUT2D eigenvalue weighted by molar-refractivity contribution is 8.04. The molecule has 2 aliphatic rings. The molecule has 100 valence electrons. The van der Waals surface area contributed by atoms with Crippen LogP contribution in [0.2, 0.25) is 0 Å². The van der Waals surface area contributed by atoms with Crippen LogP contribution in [0.3, 0.4) is 0 Å². The highest BCUT2D eigenvalue weighted by Gasteiger charge is 2.44. The normalized spacial score (nSPS) is 43.9. The third-order valence-electron chi connectivity index (χ3n) is 2.91. The van der Waals surface area contributed by atoms with E-state index in [4.69, 9.17) is 23.2 Å². The highest BCUT2D eigenvalue weighted by atomic mass is 35.5. The molecule has 0 unspecified atom stereocenters. The van der Waals surface area contributed by atoms with Crippen LogP contribution in [-0.2, 0) is 19.7 Å². The van der Waals surface area contributed by atoms with Gasteiger partial charge in [-0.1, -0.05) is 0 Å². The van der Waals surface area contributed by atoms with Crippen LogP contribution in [0.25, 0.3) is 0 Å². The van der Waals surface area contributed by atoms with E-state index in [1.165, 1.54) is 11.8 Å². The zero-order valence-electron chi connectivity index (χ0n) is 8.75. The molecule has 0 aliphatic carbocycles. The zero-order valence-corrected chi connectivity index (χ0v) is 12.7. The number of thioether (sulfide) groups is 1. The molecule has 0 aromatic heterocycles. The summed E-state index contributed by atoms with van der Waals surface area (Å²) in [6.45, 7) is 0. The van der Waals surface area contributed by atoms with Gasteiger partial charge in [0.1, 0.15) is 4.71 Å². The van der Waals surface area contributed by atoms with Crippen LogP contribution in [0.5, 0.6) is 0 Å². The molecule has 2 fully saturated rings. The summed E-state index contributed by atoms with van der Waals surface area (Å²) in [6, 6.07) is 0. The van der Waals surface area contributed by atoms with Gasteiger partial charge >= 0.3 is 0 Å². The Kier molecular flexibility index (Phi) is 3.97. The Balaban J connectivity index is 2.04. The minimum atomic E-state index is -3.21. The summed E-state index contributed by atoms with van der Waals surface area (Å²) in [7, 11) is -6.29. The van der Waals surface area contributed by atoms with Crippen molar-refractivity contribution in [3.8, 4) is 0 Å². The molecule has 2 aliphatic heterocycles. The Morgan fingerprint density at radius 2 is 1.65 bits per heavy atom. The zero-order chi connectivity index (χ0) is 12.8. The standard InChI is InChI=1S/C8H12Cl2O4S3/c9-5-3-16(11,12)4-7(5)15-6-1-2-17(13,14)8(6)10/h5-8H,1-4H2/t5-,6-,7+,8-/m0/s1. The summed E-state index contributed by atoms with van der Waals surface area (Å²) < 4.78 is 44.8. The van der Waals surface area contributed by atoms with Crippen molar-refractivity contribution in [3.63, 3.8) is 0 Å². The minimum absolute atomic E-state index is 0.0198. The molecule has 4 nitrogen and oxygen atoms in total. The minimum Gasteiger partial charge on any atom is -0.229 e. The van der Waals surface area contributed by atoms with E-state index >= 15 is 0 Å². The Labute approximate surface area is 115 Å². The third-order valence-corrected chi connectivity index (χ3v) is 10.6. The Hall–Kier alpha value is 0.830. The maximum Gasteiger partial charge on any atom is 0.168 e. The summed E-state index contributed by atoms with van der Waals surface area (Å²) in [5.41, 5.74) is 0. The first-order valence-corrected chi connectivity index (χ1v) is 10.4. The van der Waals surface area contributed by atoms with E-state index in [-0.39, 0.29) is 27.8 Å². The topological polar surface area (TPSA) is 68.3 Å². The number of sulfone groups is 2. The number of halogens is 2. The number of alkyl halides is 2. The second-order valence-corrected chi connectivity index (χ2v) is 11.5. The molecule has 9 heteroatoms. The molecule has 0 aromatic rings. The summed E-state index contributed by atoms with van der Waals surface area (Å²) >= 11 is 13.1. The lowest BCUT2D eigenvalue weighted by Crippen LogP contribution is -2.24. The Morgan fingerprint density at radius 3 is 2.06 bits per heavy atom. The fourth-order valence-corrected chi connectivity index (χ4v) is 9.52.